The number of nitrogens with zero attached hydrogens (tertiary/aromatic N) is 1. The lowest BCUT2D eigenvalue weighted by molar-refractivity contribution is 0.347. The topological polar surface area (TPSA) is 37.4 Å². The summed E-state index contributed by atoms with van der Waals surface area (Å²) in [6, 6.07) is 15.9. The fraction of sp³-hybridized carbons (Fsp3) is 0.294. The smallest absolute Gasteiger partial charge is 0.212 e. The minimum absolute atomic E-state index is 0.217. The van der Waals surface area contributed by atoms with Crippen LogP contribution in [-0.4, -0.2) is 25.5 Å². The van der Waals surface area contributed by atoms with Crippen molar-refractivity contribution in [2.75, 3.05) is 12.8 Å². The van der Waals surface area contributed by atoms with Crippen LogP contribution in [0.1, 0.15) is 28.3 Å². The van der Waals surface area contributed by atoms with Gasteiger partial charge in [0.2, 0.25) is 10.0 Å². The van der Waals surface area contributed by atoms with Gasteiger partial charge in [-0.05, 0) is 30.0 Å². The van der Waals surface area contributed by atoms with Gasteiger partial charge in [-0.25, -0.2) is 8.42 Å². The molecule has 0 amide bonds. The average molecular weight is 301 g/mol. The number of aryl methyl sites for hydroxylation is 1. The van der Waals surface area contributed by atoms with Gasteiger partial charge in [0, 0.05) is 6.54 Å². The Kier molecular flexibility index (Phi) is 3.59. The summed E-state index contributed by atoms with van der Waals surface area (Å²) in [6.45, 7) is 2.61. The molecule has 0 saturated heterocycles. The molecule has 0 bridgehead atoms. The molecule has 0 radical (unpaired) electrons. The van der Waals surface area contributed by atoms with Crippen LogP contribution in [0.5, 0.6) is 0 Å². The lowest BCUT2D eigenvalue weighted by atomic mass is 9.89. The Labute approximate surface area is 126 Å². The molecule has 1 aliphatic rings. The van der Waals surface area contributed by atoms with Crippen molar-refractivity contribution in [3.63, 3.8) is 0 Å². The average Bonchev–Trinajstić information content (AvgIpc) is 2.45. The first-order valence-corrected chi connectivity index (χ1v) is 8.93. The molecule has 110 valence electrons. The van der Waals surface area contributed by atoms with Crippen LogP contribution in [0.15, 0.2) is 48.5 Å². The van der Waals surface area contributed by atoms with Crippen molar-refractivity contribution < 1.29 is 8.42 Å². The zero-order valence-electron chi connectivity index (χ0n) is 12.3. The SMILES string of the molecule is Cc1ccc2c(c1)CCN(S(C)(=O)=O)C2c1ccccc1. The Morgan fingerprint density at radius 2 is 1.81 bits per heavy atom. The molecule has 1 unspecified atom stereocenters. The lowest BCUT2D eigenvalue weighted by Crippen LogP contribution is -2.39. The molecule has 1 heterocycles. The molecule has 4 heteroatoms. The van der Waals surface area contributed by atoms with Crippen LogP contribution in [0.3, 0.4) is 0 Å². The molecular formula is C17H19NO2S. The normalized spacial score (nSPS) is 19.2. The van der Waals surface area contributed by atoms with Crippen molar-refractivity contribution in [1.82, 2.24) is 4.31 Å². The zero-order chi connectivity index (χ0) is 15.0. The Bertz CT molecular complexity index is 754. The predicted octanol–water partition coefficient (Wildman–Crippen LogP) is 2.90. The highest BCUT2D eigenvalue weighted by molar-refractivity contribution is 7.88. The largest absolute Gasteiger partial charge is 0.212 e. The second-order valence-electron chi connectivity index (χ2n) is 5.64. The summed E-state index contributed by atoms with van der Waals surface area (Å²) in [5.74, 6) is 0. The first-order chi connectivity index (χ1) is 9.97. The summed E-state index contributed by atoms with van der Waals surface area (Å²) in [4.78, 5) is 0. The maximum Gasteiger partial charge on any atom is 0.212 e. The monoisotopic (exact) mass is 301 g/mol. The van der Waals surface area contributed by atoms with Gasteiger partial charge in [0.15, 0.2) is 0 Å². The van der Waals surface area contributed by atoms with Crippen molar-refractivity contribution in [1.29, 1.82) is 0 Å². The van der Waals surface area contributed by atoms with Gasteiger partial charge in [-0.2, -0.15) is 4.31 Å². The van der Waals surface area contributed by atoms with Gasteiger partial charge in [0.25, 0.3) is 0 Å². The number of hydrogen-bond acceptors (Lipinski definition) is 2. The third-order valence-electron chi connectivity index (χ3n) is 4.02. The Morgan fingerprint density at radius 3 is 2.48 bits per heavy atom. The van der Waals surface area contributed by atoms with Gasteiger partial charge in [-0.1, -0.05) is 54.1 Å². The number of hydrogen-bond donors (Lipinski definition) is 0. The minimum atomic E-state index is -3.24. The van der Waals surface area contributed by atoms with E-state index in [9.17, 15) is 8.42 Å². The van der Waals surface area contributed by atoms with E-state index in [0.717, 1.165) is 17.5 Å². The predicted molar refractivity (Wildman–Crippen MR) is 84.7 cm³/mol. The maximum absolute atomic E-state index is 12.2. The first-order valence-electron chi connectivity index (χ1n) is 7.08. The molecule has 1 atom stereocenters. The number of sulfonamides is 1. The lowest BCUT2D eigenvalue weighted by Gasteiger charge is -2.36. The Balaban J connectivity index is 2.18. The Hall–Kier alpha value is -1.65. The van der Waals surface area contributed by atoms with Crippen LogP contribution in [0.25, 0.3) is 0 Å². The fourth-order valence-corrected chi connectivity index (χ4v) is 4.11. The second kappa shape index (κ2) is 5.28. The third kappa shape index (κ3) is 2.74. The van der Waals surface area contributed by atoms with Crippen LogP contribution in [0.2, 0.25) is 0 Å². The molecule has 3 nitrogen and oxygen atoms in total. The molecular weight excluding hydrogens is 282 g/mol. The van der Waals surface area contributed by atoms with Gasteiger partial charge < -0.3 is 0 Å². The van der Waals surface area contributed by atoms with Gasteiger partial charge >= 0.3 is 0 Å². The van der Waals surface area contributed by atoms with E-state index >= 15 is 0 Å². The summed E-state index contributed by atoms with van der Waals surface area (Å²) in [6.07, 6.45) is 2.07. The molecule has 3 rings (SSSR count). The number of benzene rings is 2. The molecule has 0 aromatic heterocycles. The molecule has 0 fully saturated rings. The van der Waals surface area contributed by atoms with Crippen LogP contribution in [0.4, 0.5) is 0 Å². The summed E-state index contributed by atoms with van der Waals surface area (Å²) >= 11 is 0. The maximum atomic E-state index is 12.2. The van der Waals surface area contributed by atoms with Crippen molar-refractivity contribution >= 4 is 10.0 Å². The molecule has 1 aliphatic heterocycles. The van der Waals surface area contributed by atoms with Crippen molar-refractivity contribution in [3.8, 4) is 0 Å². The van der Waals surface area contributed by atoms with Gasteiger partial charge in [0.05, 0.1) is 12.3 Å². The third-order valence-corrected chi connectivity index (χ3v) is 5.27. The van der Waals surface area contributed by atoms with Gasteiger partial charge in [-0.3, -0.25) is 0 Å². The van der Waals surface area contributed by atoms with E-state index in [4.69, 9.17) is 0 Å². The van der Waals surface area contributed by atoms with E-state index in [0.29, 0.717) is 6.54 Å². The van der Waals surface area contributed by atoms with E-state index in [1.54, 1.807) is 4.31 Å². The molecule has 21 heavy (non-hydrogen) atoms. The van der Waals surface area contributed by atoms with Crippen LogP contribution < -0.4 is 0 Å². The fourth-order valence-electron chi connectivity index (χ4n) is 3.07. The standard InChI is InChI=1S/C17H19NO2S/c1-13-8-9-16-15(12-13)10-11-18(21(2,19)20)17(16)14-6-4-3-5-7-14/h3-9,12,17H,10-11H2,1-2H3. The van der Waals surface area contributed by atoms with E-state index in [1.165, 1.54) is 17.4 Å². The van der Waals surface area contributed by atoms with Gasteiger partial charge in [-0.15, -0.1) is 0 Å². The highest BCUT2D eigenvalue weighted by Crippen LogP contribution is 2.36. The van der Waals surface area contributed by atoms with Gasteiger partial charge in [0.1, 0.15) is 0 Å². The molecule has 2 aromatic carbocycles. The highest BCUT2D eigenvalue weighted by Gasteiger charge is 2.34. The zero-order valence-corrected chi connectivity index (χ0v) is 13.1. The van der Waals surface area contributed by atoms with Crippen molar-refractivity contribution in [3.05, 3.63) is 70.8 Å². The number of rotatable bonds is 2. The molecule has 0 saturated carbocycles. The second-order valence-corrected chi connectivity index (χ2v) is 7.57. The van der Waals surface area contributed by atoms with Crippen LogP contribution in [-0.2, 0) is 16.4 Å². The Morgan fingerprint density at radius 1 is 1.10 bits per heavy atom. The number of fused-ring (bicyclic) bond motifs is 1. The molecule has 0 spiro atoms. The molecule has 0 aliphatic carbocycles. The molecule has 2 aromatic rings. The van der Waals surface area contributed by atoms with E-state index in [1.807, 2.05) is 30.3 Å². The quantitative estimate of drug-likeness (QED) is 0.855. The highest BCUT2D eigenvalue weighted by atomic mass is 32.2. The van der Waals surface area contributed by atoms with E-state index in [-0.39, 0.29) is 6.04 Å². The summed E-state index contributed by atoms with van der Waals surface area (Å²) in [5, 5.41) is 0. The summed E-state index contributed by atoms with van der Waals surface area (Å²) < 4.78 is 26.0. The van der Waals surface area contributed by atoms with Crippen molar-refractivity contribution in [2.45, 2.75) is 19.4 Å². The molecule has 0 N–H and O–H groups in total. The van der Waals surface area contributed by atoms with E-state index in [2.05, 4.69) is 25.1 Å². The summed E-state index contributed by atoms with van der Waals surface area (Å²) in [5.41, 5.74) is 4.59. The van der Waals surface area contributed by atoms with Crippen molar-refractivity contribution in [2.24, 2.45) is 0 Å². The summed E-state index contributed by atoms with van der Waals surface area (Å²) in [7, 11) is -3.24. The van der Waals surface area contributed by atoms with Crippen LogP contribution in [0, 0.1) is 6.92 Å². The van der Waals surface area contributed by atoms with Crippen LogP contribution >= 0.6 is 0 Å². The first kappa shape index (κ1) is 14.3. The minimum Gasteiger partial charge on any atom is -0.212 e. The van der Waals surface area contributed by atoms with E-state index < -0.39 is 10.0 Å².